The van der Waals surface area contributed by atoms with Gasteiger partial charge in [0.2, 0.25) is 0 Å². The molecule has 5 fully saturated rings. The highest BCUT2D eigenvalue weighted by Gasteiger charge is 2.56. The lowest BCUT2D eigenvalue weighted by Crippen LogP contribution is -2.67. The van der Waals surface area contributed by atoms with Crippen molar-refractivity contribution in [3.05, 3.63) is 35.5 Å². The van der Waals surface area contributed by atoms with E-state index in [1.807, 2.05) is 27.0 Å². The van der Waals surface area contributed by atoms with Crippen LogP contribution < -0.4 is 4.90 Å². The number of hydrogen-bond donors (Lipinski definition) is 1. The van der Waals surface area contributed by atoms with Crippen LogP contribution in [0.15, 0.2) is 18.3 Å². The van der Waals surface area contributed by atoms with Gasteiger partial charge in [0, 0.05) is 68.6 Å². The molecule has 186 valence electrons. The number of aromatic nitrogens is 4. The molecule has 5 heterocycles. The van der Waals surface area contributed by atoms with Crippen LogP contribution >= 0.6 is 0 Å². The highest BCUT2D eigenvalue weighted by atomic mass is 32.2. The Hall–Kier alpha value is -2.69. The molecule has 7 rings (SSSR count). The van der Waals surface area contributed by atoms with Crippen molar-refractivity contribution in [1.29, 1.82) is 0 Å². The molecule has 0 unspecified atom stereocenters. The molecule has 0 bridgehead atoms. The van der Waals surface area contributed by atoms with Crippen LogP contribution in [0.25, 0.3) is 0 Å². The van der Waals surface area contributed by atoms with Crippen LogP contribution in [0.3, 0.4) is 0 Å². The first kappa shape index (κ1) is 21.6. The van der Waals surface area contributed by atoms with Gasteiger partial charge in [0.15, 0.2) is 9.84 Å². The first-order valence-electron chi connectivity index (χ1n) is 12.7. The molecule has 35 heavy (non-hydrogen) atoms. The molecule has 1 spiro atoms. The molecule has 0 atom stereocenters. The number of carbonyl (C=O) groups excluding carboxylic acids is 1. The van der Waals surface area contributed by atoms with E-state index in [0.717, 1.165) is 62.1 Å². The maximum atomic E-state index is 12.9. The van der Waals surface area contributed by atoms with Crippen LogP contribution in [0.4, 0.5) is 10.6 Å². The maximum Gasteiger partial charge on any atom is 0.320 e. The number of H-pyrrole nitrogens is 1. The summed E-state index contributed by atoms with van der Waals surface area (Å²) in [5.74, 6) is 4.69. The third-order valence-corrected chi connectivity index (χ3v) is 10.2. The van der Waals surface area contributed by atoms with Crippen LogP contribution in [0.5, 0.6) is 0 Å². The van der Waals surface area contributed by atoms with Gasteiger partial charge in [0.1, 0.15) is 17.5 Å². The Morgan fingerprint density at radius 3 is 2.26 bits per heavy atom. The van der Waals surface area contributed by atoms with Gasteiger partial charge < -0.3 is 19.7 Å². The van der Waals surface area contributed by atoms with E-state index >= 15 is 0 Å². The quantitative estimate of drug-likeness (QED) is 0.684. The van der Waals surface area contributed by atoms with Crippen molar-refractivity contribution in [3.8, 4) is 0 Å². The van der Waals surface area contributed by atoms with Gasteiger partial charge in [-0.2, -0.15) is 0 Å². The lowest BCUT2D eigenvalue weighted by atomic mass is 9.57. The number of aromatic amines is 1. The number of nitrogens with zero attached hydrogens (tertiary/aromatic N) is 6. The Labute approximate surface area is 205 Å². The lowest BCUT2D eigenvalue weighted by molar-refractivity contribution is -0.0601. The lowest BCUT2D eigenvalue weighted by Gasteiger charge is -2.59. The van der Waals surface area contributed by atoms with E-state index in [-0.39, 0.29) is 23.0 Å². The van der Waals surface area contributed by atoms with Crippen LogP contribution in [-0.2, 0) is 9.84 Å². The number of nitrogens with one attached hydrogen (secondary N) is 1. The molecule has 3 saturated heterocycles. The van der Waals surface area contributed by atoms with E-state index in [1.54, 1.807) is 0 Å². The predicted octanol–water partition coefficient (Wildman–Crippen LogP) is 1.71. The van der Waals surface area contributed by atoms with Crippen molar-refractivity contribution in [2.24, 2.45) is 5.41 Å². The Morgan fingerprint density at radius 2 is 1.63 bits per heavy atom. The molecular weight excluding hydrogens is 466 g/mol. The second-order valence-electron chi connectivity index (χ2n) is 11.3. The highest BCUT2D eigenvalue weighted by molar-refractivity contribution is 7.91. The molecule has 2 aromatic rings. The SMILES string of the molecule is O=C(N1CC(c2ccc(N3CCS(=O)(=O)CC3)nc2)C1)N1CC2(CC(c3nnc(C4CC4)[nH]3)C2)C1. The van der Waals surface area contributed by atoms with Crippen LogP contribution in [0.2, 0.25) is 0 Å². The molecule has 0 aromatic carbocycles. The molecule has 2 aromatic heterocycles. The van der Waals surface area contributed by atoms with Gasteiger partial charge in [-0.25, -0.2) is 18.2 Å². The summed E-state index contributed by atoms with van der Waals surface area (Å²) in [5.41, 5.74) is 1.42. The number of likely N-dealkylation sites (tertiary alicyclic amines) is 2. The molecule has 2 saturated carbocycles. The minimum absolute atomic E-state index is 0.158. The van der Waals surface area contributed by atoms with E-state index in [2.05, 4.69) is 26.2 Å². The number of rotatable bonds is 4. The molecule has 3 aliphatic heterocycles. The summed E-state index contributed by atoms with van der Waals surface area (Å²) in [6.07, 6.45) is 6.54. The average Bonchev–Trinajstić information content (AvgIpc) is 3.49. The van der Waals surface area contributed by atoms with E-state index in [9.17, 15) is 13.2 Å². The van der Waals surface area contributed by atoms with Crippen molar-refractivity contribution in [2.45, 2.75) is 43.4 Å². The highest BCUT2D eigenvalue weighted by Crippen LogP contribution is 2.56. The molecule has 1 N–H and O–H groups in total. The number of amides is 2. The fourth-order valence-corrected chi connectivity index (χ4v) is 7.36. The summed E-state index contributed by atoms with van der Waals surface area (Å²) >= 11 is 0. The Kier molecular flexibility index (Phi) is 4.72. The summed E-state index contributed by atoms with van der Waals surface area (Å²) in [7, 11) is -2.90. The number of urea groups is 1. The zero-order chi connectivity index (χ0) is 23.8. The second-order valence-corrected chi connectivity index (χ2v) is 13.6. The Bertz CT molecular complexity index is 1220. The normalized spacial score (nSPS) is 25.8. The van der Waals surface area contributed by atoms with Gasteiger partial charge >= 0.3 is 6.03 Å². The average molecular weight is 498 g/mol. The Balaban J connectivity index is 0.871. The van der Waals surface area contributed by atoms with Crippen molar-refractivity contribution < 1.29 is 13.2 Å². The summed E-state index contributed by atoms with van der Waals surface area (Å²) in [4.78, 5) is 26.9. The summed E-state index contributed by atoms with van der Waals surface area (Å²) in [6, 6.07) is 4.21. The number of carbonyl (C=O) groups is 1. The smallest absolute Gasteiger partial charge is 0.320 e. The van der Waals surface area contributed by atoms with Crippen molar-refractivity contribution in [3.63, 3.8) is 0 Å². The van der Waals surface area contributed by atoms with Gasteiger partial charge in [0.25, 0.3) is 0 Å². The number of anilines is 1. The monoisotopic (exact) mass is 497 g/mol. The zero-order valence-electron chi connectivity index (χ0n) is 19.8. The molecule has 11 heteroatoms. The van der Waals surface area contributed by atoms with Gasteiger partial charge in [-0.3, -0.25) is 0 Å². The second kappa shape index (κ2) is 7.65. The molecule has 0 radical (unpaired) electrons. The van der Waals surface area contributed by atoms with Gasteiger partial charge in [0.05, 0.1) is 11.5 Å². The summed E-state index contributed by atoms with van der Waals surface area (Å²) in [6.45, 7) is 4.17. The van der Waals surface area contributed by atoms with E-state index < -0.39 is 9.84 Å². The minimum atomic E-state index is -2.90. The third kappa shape index (κ3) is 3.88. The van der Waals surface area contributed by atoms with Crippen molar-refractivity contribution >= 4 is 21.7 Å². The summed E-state index contributed by atoms with van der Waals surface area (Å²) < 4.78 is 23.3. The van der Waals surface area contributed by atoms with Crippen LogP contribution in [0.1, 0.15) is 60.6 Å². The first-order chi connectivity index (χ1) is 16.9. The molecule has 5 aliphatic rings. The number of pyridine rings is 1. The summed E-state index contributed by atoms with van der Waals surface area (Å²) in [5, 5.41) is 8.69. The van der Waals surface area contributed by atoms with Crippen LogP contribution in [-0.4, -0.2) is 95.2 Å². The fraction of sp³-hybridized carbons (Fsp3) is 0.667. The van der Waals surface area contributed by atoms with E-state index in [0.29, 0.717) is 30.8 Å². The topological polar surface area (TPSA) is 115 Å². The van der Waals surface area contributed by atoms with Gasteiger partial charge in [-0.1, -0.05) is 6.07 Å². The van der Waals surface area contributed by atoms with Crippen LogP contribution in [0, 0.1) is 5.41 Å². The van der Waals surface area contributed by atoms with E-state index in [1.165, 1.54) is 12.8 Å². The standard InChI is InChI=1S/C24H31N7O3S/c32-23(31-14-24(15-31)9-18(10-24)22-26-21(27-28-22)16-1-2-16)30-12-19(13-30)17-3-4-20(25-11-17)29-5-7-35(33,34)8-6-29/h3-4,11,16,18-19H,1-2,5-10,12-15H2,(H,26,27,28). The molecule has 2 aliphatic carbocycles. The third-order valence-electron chi connectivity index (χ3n) is 8.62. The van der Waals surface area contributed by atoms with Crippen molar-refractivity contribution in [1.82, 2.24) is 30.0 Å². The maximum absolute atomic E-state index is 12.9. The fourth-order valence-electron chi connectivity index (χ4n) is 6.16. The number of sulfone groups is 1. The van der Waals surface area contributed by atoms with Gasteiger partial charge in [-0.15, -0.1) is 10.2 Å². The van der Waals surface area contributed by atoms with E-state index in [4.69, 9.17) is 0 Å². The van der Waals surface area contributed by atoms with Gasteiger partial charge in [-0.05, 0) is 37.3 Å². The largest absolute Gasteiger partial charge is 0.355 e. The molecule has 10 nitrogen and oxygen atoms in total. The zero-order valence-corrected chi connectivity index (χ0v) is 20.6. The number of hydrogen-bond acceptors (Lipinski definition) is 7. The Morgan fingerprint density at radius 1 is 0.943 bits per heavy atom. The van der Waals surface area contributed by atoms with Crippen molar-refractivity contribution in [2.75, 3.05) is 55.7 Å². The minimum Gasteiger partial charge on any atom is -0.355 e. The molecule has 2 amide bonds. The predicted molar refractivity (Wildman–Crippen MR) is 129 cm³/mol. The first-order valence-corrected chi connectivity index (χ1v) is 14.6. The molecular formula is C24H31N7O3S.